The Balaban J connectivity index is 1.88. The summed E-state index contributed by atoms with van der Waals surface area (Å²) >= 11 is 0. The first-order chi connectivity index (χ1) is 11.5. The monoisotopic (exact) mass is 329 g/mol. The molecule has 1 unspecified atom stereocenters. The van der Waals surface area contributed by atoms with Crippen molar-refractivity contribution in [3.63, 3.8) is 0 Å². The van der Waals surface area contributed by atoms with Crippen LogP contribution in [-0.4, -0.2) is 36.4 Å². The number of hydrogen-bond donors (Lipinski definition) is 0. The SMILES string of the molecule is CC(C)(C)OC(=O)N1CCCC1c1ccccc1C1=CCOCC1. The summed E-state index contributed by atoms with van der Waals surface area (Å²) < 4.78 is 11.1. The molecular weight excluding hydrogens is 302 g/mol. The van der Waals surface area contributed by atoms with E-state index in [4.69, 9.17) is 9.47 Å². The van der Waals surface area contributed by atoms with Crippen molar-refractivity contribution in [2.75, 3.05) is 19.8 Å². The highest BCUT2D eigenvalue weighted by molar-refractivity contribution is 5.72. The van der Waals surface area contributed by atoms with Gasteiger partial charge in [0.25, 0.3) is 0 Å². The molecule has 0 radical (unpaired) electrons. The Morgan fingerprint density at radius 1 is 1.29 bits per heavy atom. The molecule has 3 rings (SSSR count). The number of nitrogens with zero attached hydrogens (tertiary/aromatic N) is 1. The molecule has 0 spiro atoms. The molecule has 1 fully saturated rings. The summed E-state index contributed by atoms with van der Waals surface area (Å²) in [5.41, 5.74) is 3.34. The van der Waals surface area contributed by atoms with Crippen LogP contribution in [0.5, 0.6) is 0 Å². The molecule has 24 heavy (non-hydrogen) atoms. The lowest BCUT2D eigenvalue weighted by molar-refractivity contribution is 0.0224. The van der Waals surface area contributed by atoms with Gasteiger partial charge in [-0.3, -0.25) is 0 Å². The molecular formula is C20H27NO3. The standard InChI is InChI=1S/C20H27NO3/c1-20(2,3)24-19(22)21-12-6-9-18(21)17-8-5-4-7-16(17)15-10-13-23-14-11-15/h4-5,7-8,10,18H,6,9,11-14H2,1-3H3. The van der Waals surface area contributed by atoms with Crippen molar-refractivity contribution >= 4 is 11.7 Å². The molecule has 0 aliphatic carbocycles. The Labute approximate surface area is 144 Å². The Bertz CT molecular complexity index is 630. The maximum atomic E-state index is 12.6. The maximum Gasteiger partial charge on any atom is 0.410 e. The van der Waals surface area contributed by atoms with E-state index < -0.39 is 5.60 Å². The number of carbonyl (C=O) groups is 1. The van der Waals surface area contributed by atoms with Crippen molar-refractivity contribution in [1.82, 2.24) is 4.90 Å². The summed E-state index contributed by atoms with van der Waals surface area (Å²) in [4.78, 5) is 14.5. The number of benzene rings is 1. The molecule has 2 heterocycles. The minimum Gasteiger partial charge on any atom is -0.444 e. The average molecular weight is 329 g/mol. The Hall–Kier alpha value is -1.81. The van der Waals surface area contributed by atoms with Crippen LogP contribution in [0.25, 0.3) is 5.57 Å². The third-order valence-electron chi connectivity index (χ3n) is 4.51. The quantitative estimate of drug-likeness (QED) is 0.798. The molecule has 0 N–H and O–H groups in total. The topological polar surface area (TPSA) is 38.8 Å². The van der Waals surface area contributed by atoms with E-state index in [2.05, 4.69) is 30.3 Å². The highest BCUT2D eigenvalue weighted by atomic mass is 16.6. The molecule has 0 saturated carbocycles. The molecule has 130 valence electrons. The predicted octanol–water partition coefficient (Wildman–Crippen LogP) is 4.56. The molecule has 1 atom stereocenters. The molecule has 1 saturated heterocycles. The zero-order valence-corrected chi connectivity index (χ0v) is 14.9. The van der Waals surface area contributed by atoms with Crippen LogP contribution in [0.2, 0.25) is 0 Å². The first-order valence-corrected chi connectivity index (χ1v) is 8.81. The molecule has 0 bridgehead atoms. The van der Waals surface area contributed by atoms with Crippen LogP contribution in [0, 0.1) is 0 Å². The second-order valence-electron chi connectivity index (χ2n) is 7.47. The number of rotatable bonds is 2. The summed E-state index contributed by atoms with van der Waals surface area (Å²) in [6, 6.07) is 8.54. The van der Waals surface area contributed by atoms with Gasteiger partial charge >= 0.3 is 6.09 Å². The molecule has 1 aromatic rings. The second-order valence-corrected chi connectivity index (χ2v) is 7.47. The summed E-state index contributed by atoms with van der Waals surface area (Å²) in [6.45, 7) is 7.94. The summed E-state index contributed by atoms with van der Waals surface area (Å²) in [7, 11) is 0. The largest absolute Gasteiger partial charge is 0.444 e. The van der Waals surface area contributed by atoms with Gasteiger partial charge < -0.3 is 14.4 Å². The highest BCUT2D eigenvalue weighted by Gasteiger charge is 2.34. The molecule has 0 aromatic heterocycles. The lowest BCUT2D eigenvalue weighted by Crippen LogP contribution is -2.36. The minimum atomic E-state index is -0.465. The number of likely N-dealkylation sites (tertiary alicyclic amines) is 1. The van der Waals surface area contributed by atoms with E-state index in [-0.39, 0.29) is 12.1 Å². The lowest BCUT2D eigenvalue weighted by atomic mass is 9.91. The van der Waals surface area contributed by atoms with Gasteiger partial charge in [0.15, 0.2) is 0 Å². The third kappa shape index (κ3) is 3.81. The summed E-state index contributed by atoms with van der Waals surface area (Å²) in [6.07, 6.45) is 4.88. The number of amides is 1. The van der Waals surface area contributed by atoms with Gasteiger partial charge in [0.1, 0.15) is 5.60 Å². The van der Waals surface area contributed by atoms with Crippen LogP contribution >= 0.6 is 0 Å². The summed E-state index contributed by atoms with van der Waals surface area (Å²) in [5, 5.41) is 0. The fourth-order valence-electron chi connectivity index (χ4n) is 3.48. The van der Waals surface area contributed by atoms with Crippen molar-refractivity contribution in [2.24, 2.45) is 0 Å². The number of ether oxygens (including phenoxy) is 2. The van der Waals surface area contributed by atoms with Crippen LogP contribution < -0.4 is 0 Å². The van der Waals surface area contributed by atoms with Gasteiger partial charge in [0.2, 0.25) is 0 Å². The van der Waals surface area contributed by atoms with Crippen molar-refractivity contribution in [3.05, 3.63) is 41.5 Å². The Morgan fingerprint density at radius 2 is 2.08 bits per heavy atom. The molecule has 4 heteroatoms. The van der Waals surface area contributed by atoms with E-state index in [1.54, 1.807) is 0 Å². The Morgan fingerprint density at radius 3 is 2.79 bits per heavy atom. The molecule has 1 amide bonds. The van der Waals surface area contributed by atoms with Crippen LogP contribution in [0.15, 0.2) is 30.3 Å². The van der Waals surface area contributed by atoms with E-state index in [0.717, 1.165) is 32.4 Å². The third-order valence-corrected chi connectivity index (χ3v) is 4.51. The van der Waals surface area contributed by atoms with Crippen LogP contribution in [0.4, 0.5) is 4.79 Å². The van der Waals surface area contributed by atoms with Crippen LogP contribution in [0.3, 0.4) is 0 Å². The van der Waals surface area contributed by atoms with Crippen molar-refractivity contribution in [2.45, 2.75) is 51.7 Å². The summed E-state index contributed by atoms with van der Waals surface area (Å²) in [5.74, 6) is 0. The Kier molecular flexibility index (Phi) is 4.95. The zero-order valence-electron chi connectivity index (χ0n) is 14.9. The first kappa shape index (κ1) is 17.0. The normalized spacial score (nSPS) is 21.5. The van der Waals surface area contributed by atoms with Crippen molar-refractivity contribution in [3.8, 4) is 0 Å². The van der Waals surface area contributed by atoms with E-state index in [1.807, 2.05) is 25.7 Å². The average Bonchev–Trinajstić information content (AvgIpc) is 3.04. The van der Waals surface area contributed by atoms with Crippen molar-refractivity contribution in [1.29, 1.82) is 0 Å². The highest BCUT2D eigenvalue weighted by Crippen LogP contribution is 2.38. The molecule has 1 aromatic carbocycles. The second kappa shape index (κ2) is 6.98. The van der Waals surface area contributed by atoms with E-state index in [0.29, 0.717) is 6.61 Å². The predicted molar refractivity (Wildman–Crippen MR) is 94.8 cm³/mol. The van der Waals surface area contributed by atoms with Crippen molar-refractivity contribution < 1.29 is 14.3 Å². The van der Waals surface area contributed by atoms with Gasteiger partial charge in [-0.05, 0) is 56.7 Å². The number of hydrogen-bond acceptors (Lipinski definition) is 3. The van der Waals surface area contributed by atoms with E-state index in [1.165, 1.54) is 16.7 Å². The molecule has 4 nitrogen and oxygen atoms in total. The van der Waals surface area contributed by atoms with E-state index >= 15 is 0 Å². The molecule has 2 aliphatic rings. The maximum absolute atomic E-state index is 12.6. The fourth-order valence-corrected chi connectivity index (χ4v) is 3.48. The van der Waals surface area contributed by atoms with Gasteiger partial charge in [0.05, 0.1) is 19.3 Å². The van der Waals surface area contributed by atoms with Gasteiger partial charge in [-0.15, -0.1) is 0 Å². The van der Waals surface area contributed by atoms with Crippen LogP contribution in [0.1, 0.15) is 57.2 Å². The van der Waals surface area contributed by atoms with E-state index in [9.17, 15) is 4.79 Å². The van der Waals surface area contributed by atoms with Gasteiger partial charge in [0, 0.05) is 6.54 Å². The lowest BCUT2D eigenvalue weighted by Gasteiger charge is -2.30. The van der Waals surface area contributed by atoms with Gasteiger partial charge in [-0.1, -0.05) is 30.3 Å². The smallest absolute Gasteiger partial charge is 0.410 e. The number of carbonyl (C=O) groups excluding carboxylic acids is 1. The first-order valence-electron chi connectivity index (χ1n) is 8.81. The van der Waals surface area contributed by atoms with Crippen LogP contribution in [-0.2, 0) is 9.47 Å². The van der Waals surface area contributed by atoms with Gasteiger partial charge in [-0.25, -0.2) is 4.79 Å². The fraction of sp³-hybridized carbons (Fsp3) is 0.550. The minimum absolute atomic E-state index is 0.0970. The van der Waals surface area contributed by atoms with Gasteiger partial charge in [-0.2, -0.15) is 0 Å². The molecule has 2 aliphatic heterocycles. The zero-order chi connectivity index (χ0) is 17.2.